The zero-order chi connectivity index (χ0) is 20.2. The van der Waals surface area contributed by atoms with Gasteiger partial charge >= 0.3 is 6.03 Å². The lowest BCUT2D eigenvalue weighted by Gasteiger charge is -2.09. The summed E-state index contributed by atoms with van der Waals surface area (Å²) in [5, 5.41) is 6.45. The molecular formula is C22H17FN4OS. The average molecular weight is 404 g/mol. The number of pyridine rings is 1. The van der Waals surface area contributed by atoms with Crippen molar-refractivity contribution >= 4 is 28.7 Å². The Bertz CT molecular complexity index is 1140. The molecule has 0 unspecified atom stereocenters. The van der Waals surface area contributed by atoms with E-state index in [0.29, 0.717) is 11.4 Å². The molecule has 0 saturated carbocycles. The Morgan fingerprint density at radius 1 is 0.931 bits per heavy atom. The van der Waals surface area contributed by atoms with Gasteiger partial charge in [0, 0.05) is 29.3 Å². The van der Waals surface area contributed by atoms with Crippen molar-refractivity contribution in [1.29, 1.82) is 0 Å². The average Bonchev–Trinajstić information content (AvgIpc) is 3.12. The highest BCUT2D eigenvalue weighted by Crippen LogP contribution is 2.37. The lowest BCUT2D eigenvalue weighted by atomic mass is 10.1. The third-order valence-corrected chi connectivity index (χ3v) is 5.19. The maximum atomic E-state index is 13.0. The molecule has 5 nitrogen and oxygen atoms in total. The molecule has 0 aliphatic carbocycles. The maximum Gasteiger partial charge on any atom is 0.323 e. The molecule has 0 radical (unpaired) electrons. The summed E-state index contributed by atoms with van der Waals surface area (Å²) in [5.74, 6) is -0.353. The number of carbonyl (C=O) groups excluding carboxylic acids is 1. The summed E-state index contributed by atoms with van der Waals surface area (Å²) >= 11 is 1.60. The summed E-state index contributed by atoms with van der Waals surface area (Å²) < 4.78 is 13.0. The molecule has 7 heteroatoms. The first-order valence-corrected chi connectivity index (χ1v) is 9.72. The largest absolute Gasteiger partial charge is 0.323 e. The molecule has 0 bridgehead atoms. The van der Waals surface area contributed by atoms with E-state index in [9.17, 15) is 9.18 Å². The number of hydrogen-bond acceptors (Lipinski definition) is 4. The van der Waals surface area contributed by atoms with Crippen LogP contribution in [0.1, 0.15) is 5.01 Å². The van der Waals surface area contributed by atoms with Crippen molar-refractivity contribution in [2.24, 2.45) is 0 Å². The number of nitrogens with one attached hydrogen (secondary N) is 2. The van der Waals surface area contributed by atoms with Gasteiger partial charge in [-0.2, -0.15) is 0 Å². The third-order valence-electron chi connectivity index (χ3n) is 4.17. The molecule has 0 spiro atoms. The summed E-state index contributed by atoms with van der Waals surface area (Å²) in [5.41, 5.74) is 4.00. The van der Waals surface area contributed by atoms with Crippen LogP contribution in [0.25, 0.3) is 21.7 Å². The number of hydrogen-bond donors (Lipinski definition) is 2. The molecule has 29 heavy (non-hydrogen) atoms. The first-order chi connectivity index (χ1) is 14.1. The topological polar surface area (TPSA) is 66.9 Å². The molecule has 144 valence electrons. The number of thiazole rings is 1. The van der Waals surface area contributed by atoms with Crippen LogP contribution in [0.15, 0.2) is 73.1 Å². The van der Waals surface area contributed by atoms with Gasteiger partial charge in [-0.15, -0.1) is 11.3 Å². The van der Waals surface area contributed by atoms with Gasteiger partial charge in [-0.25, -0.2) is 14.2 Å². The van der Waals surface area contributed by atoms with Crippen LogP contribution in [-0.4, -0.2) is 16.0 Å². The first kappa shape index (κ1) is 18.8. The summed E-state index contributed by atoms with van der Waals surface area (Å²) in [7, 11) is 0. The Labute approximate surface area is 171 Å². The Hall–Kier alpha value is -3.58. The van der Waals surface area contributed by atoms with E-state index in [2.05, 4.69) is 20.6 Å². The maximum absolute atomic E-state index is 13.0. The Morgan fingerprint density at radius 3 is 2.41 bits per heavy atom. The van der Waals surface area contributed by atoms with Crippen LogP contribution >= 0.6 is 11.3 Å². The zero-order valence-corrected chi connectivity index (χ0v) is 16.3. The predicted octanol–water partition coefficient (Wildman–Crippen LogP) is 5.96. The SMILES string of the molecule is Cc1nc(-c2ccncc2)c(-c2cccc(NC(=O)Nc3ccc(F)cc3)c2)s1. The highest BCUT2D eigenvalue weighted by Gasteiger charge is 2.14. The monoisotopic (exact) mass is 404 g/mol. The van der Waals surface area contributed by atoms with E-state index in [1.165, 1.54) is 24.3 Å². The molecule has 2 aromatic carbocycles. The second-order valence-electron chi connectivity index (χ2n) is 6.31. The number of urea groups is 1. The normalized spacial score (nSPS) is 10.6. The number of nitrogens with zero attached hydrogens (tertiary/aromatic N) is 2. The van der Waals surface area contributed by atoms with Gasteiger partial charge in [-0.05, 0) is 61.0 Å². The van der Waals surface area contributed by atoms with Crippen LogP contribution in [0.4, 0.5) is 20.6 Å². The van der Waals surface area contributed by atoms with E-state index in [0.717, 1.165) is 26.7 Å². The van der Waals surface area contributed by atoms with Crippen molar-refractivity contribution in [3.05, 3.63) is 83.9 Å². The molecule has 0 fully saturated rings. The fourth-order valence-corrected chi connectivity index (χ4v) is 3.83. The quantitative estimate of drug-likeness (QED) is 0.441. The number of benzene rings is 2. The van der Waals surface area contributed by atoms with Crippen molar-refractivity contribution < 1.29 is 9.18 Å². The van der Waals surface area contributed by atoms with Gasteiger partial charge in [0.1, 0.15) is 5.82 Å². The zero-order valence-electron chi connectivity index (χ0n) is 15.5. The van der Waals surface area contributed by atoms with Gasteiger partial charge in [0.25, 0.3) is 0 Å². The van der Waals surface area contributed by atoms with E-state index in [4.69, 9.17) is 0 Å². The molecule has 0 aliphatic rings. The predicted molar refractivity (Wildman–Crippen MR) is 115 cm³/mol. The van der Waals surface area contributed by atoms with E-state index in [1.807, 2.05) is 43.3 Å². The van der Waals surface area contributed by atoms with Crippen LogP contribution in [0.3, 0.4) is 0 Å². The summed E-state index contributed by atoms with van der Waals surface area (Å²) in [4.78, 5) is 22.0. The van der Waals surface area contributed by atoms with E-state index < -0.39 is 6.03 Å². The summed E-state index contributed by atoms with van der Waals surface area (Å²) in [6.07, 6.45) is 3.48. The van der Waals surface area contributed by atoms with Gasteiger partial charge in [-0.3, -0.25) is 4.98 Å². The van der Waals surface area contributed by atoms with E-state index in [-0.39, 0.29) is 5.82 Å². The second-order valence-corrected chi connectivity index (χ2v) is 7.52. The van der Waals surface area contributed by atoms with Crippen LogP contribution in [0, 0.1) is 12.7 Å². The van der Waals surface area contributed by atoms with Gasteiger partial charge in [-0.1, -0.05) is 12.1 Å². The Morgan fingerprint density at radius 2 is 1.66 bits per heavy atom. The van der Waals surface area contributed by atoms with Crippen molar-refractivity contribution in [2.45, 2.75) is 6.92 Å². The molecule has 4 rings (SSSR count). The molecule has 4 aromatic rings. The van der Waals surface area contributed by atoms with E-state index >= 15 is 0 Å². The molecule has 2 heterocycles. The number of amides is 2. The van der Waals surface area contributed by atoms with Gasteiger partial charge in [0.2, 0.25) is 0 Å². The van der Waals surface area contributed by atoms with Gasteiger partial charge < -0.3 is 10.6 Å². The highest BCUT2D eigenvalue weighted by molar-refractivity contribution is 7.15. The lowest BCUT2D eigenvalue weighted by Crippen LogP contribution is -2.19. The van der Waals surface area contributed by atoms with Gasteiger partial charge in [0.15, 0.2) is 0 Å². The highest BCUT2D eigenvalue weighted by atomic mass is 32.1. The molecule has 0 aliphatic heterocycles. The Kier molecular flexibility index (Phi) is 5.31. The number of anilines is 2. The van der Waals surface area contributed by atoms with Crippen LogP contribution in [-0.2, 0) is 0 Å². The minimum atomic E-state index is -0.399. The first-order valence-electron chi connectivity index (χ1n) is 8.90. The molecule has 2 amide bonds. The van der Waals surface area contributed by atoms with Crippen molar-refractivity contribution in [2.75, 3.05) is 10.6 Å². The Balaban J connectivity index is 1.57. The number of halogens is 1. The summed E-state index contributed by atoms with van der Waals surface area (Å²) in [6, 6.07) is 16.6. The summed E-state index contributed by atoms with van der Waals surface area (Å²) in [6.45, 7) is 1.97. The van der Waals surface area contributed by atoms with Crippen molar-refractivity contribution in [3.63, 3.8) is 0 Å². The van der Waals surface area contributed by atoms with Gasteiger partial charge in [0.05, 0.1) is 15.6 Å². The standard InChI is InChI=1S/C22H17FN4OS/c1-14-25-20(15-9-11-24-12-10-15)21(29-14)16-3-2-4-19(13-16)27-22(28)26-18-7-5-17(23)6-8-18/h2-13H,1H3,(H2,26,27,28). The fraction of sp³-hybridized carbons (Fsp3) is 0.0455. The number of rotatable bonds is 4. The van der Waals surface area contributed by atoms with Crippen molar-refractivity contribution in [1.82, 2.24) is 9.97 Å². The van der Waals surface area contributed by atoms with Crippen LogP contribution in [0.5, 0.6) is 0 Å². The third kappa shape index (κ3) is 4.47. The number of aromatic nitrogens is 2. The molecule has 2 aromatic heterocycles. The molecular weight excluding hydrogens is 387 g/mol. The van der Waals surface area contributed by atoms with Crippen LogP contribution in [0.2, 0.25) is 0 Å². The number of carbonyl (C=O) groups is 1. The minimum Gasteiger partial charge on any atom is -0.308 e. The van der Waals surface area contributed by atoms with E-state index in [1.54, 1.807) is 23.7 Å². The molecule has 0 atom stereocenters. The second kappa shape index (κ2) is 8.20. The minimum absolute atomic E-state index is 0.353. The van der Waals surface area contributed by atoms with Crippen molar-refractivity contribution in [3.8, 4) is 21.7 Å². The fourth-order valence-electron chi connectivity index (χ4n) is 2.89. The van der Waals surface area contributed by atoms with Crippen LogP contribution < -0.4 is 10.6 Å². The lowest BCUT2D eigenvalue weighted by molar-refractivity contribution is 0.262. The smallest absolute Gasteiger partial charge is 0.308 e. The number of aryl methyl sites for hydroxylation is 1. The molecule has 0 saturated heterocycles. The molecule has 2 N–H and O–H groups in total.